The zero-order valence-corrected chi connectivity index (χ0v) is 13.5. The van der Waals surface area contributed by atoms with E-state index in [9.17, 15) is 0 Å². The monoisotopic (exact) mass is 305 g/mol. The Hall–Kier alpha value is -1.53. The van der Waals surface area contributed by atoms with Gasteiger partial charge in [-0.2, -0.15) is 10.1 Å². The number of hydrogen-bond donors (Lipinski definition) is 2. The highest BCUT2D eigenvalue weighted by Crippen LogP contribution is 2.11. The Bertz CT molecular complexity index is 554. The lowest BCUT2D eigenvalue weighted by molar-refractivity contribution is 0.292. The molecule has 0 aliphatic heterocycles. The van der Waals surface area contributed by atoms with E-state index in [0.717, 1.165) is 18.7 Å². The van der Waals surface area contributed by atoms with Crippen LogP contribution in [0.4, 0.5) is 0 Å². The van der Waals surface area contributed by atoms with Crippen molar-refractivity contribution in [1.29, 1.82) is 0 Å². The van der Waals surface area contributed by atoms with E-state index in [2.05, 4.69) is 26.4 Å². The maximum atomic E-state index is 8.65. The fourth-order valence-corrected chi connectivity index (χ4v) is 2.65. The molecule has 0 saturated heterocycles. The Balaban J connectivity index is 1.59. The first-order chi connectivity index (χ1) is 10.8. The van der Waals surface area contributed by atoms with Crippen molar-refractivity contribution in [3.05, 3.63) is 23.8 Å². The molecule has 0 amide bonds. The second kappa shape index (κ2) is 9.48. The van der Waals surface area contributed by atoms with Crippen molar-refractivity contribution in [2.45, 2.75) is 51.9 Å². The van der Waals surface area contributed by atoms with Gasteiger partial charge in [-0.25, -0.2) is 9.50 Å². The molecule has 2 heterocycles. The number of nitrogens with zero attached hydrogens (tertiary/aromatic N) is 4. The topological polar surface area (TPSA) is 75.3 Å². The Kier molecular flexibility index (Phi) is 7.25. The first kappa shape index (κ1) is 16.8. The van der Waals surface area contributed by atoms with Crippen LogP contribution in [0.15, 0.2) is 12.4 Å². The number of nitrogens with one attached hydrogen (secondary N) is 1. The number of aliphatic hydroxyl groups is 1. The molecule has 2 aromatic heterocycles. The average Bonchev–Trinajstić information content (AvgIpc) is 2.97. The predicted octanol–water partition coefficient (Wildman–Crippen LogP) is 1.90. The number of aryl methyl sites for hydroxylation is 2. The van der Waals surface area contributed by atoms with Crippen LogP contribution in [-0.4, -0.2) is 44.4 Å². The summed E-state index contributed by atoms with van der Waals surface area (Å²) in [5, 5.41) is 16.1. The van der Waals surface area contributed by atoms with Gasteiger partial charge in [-0.15, -0.1) is 0 Å². The molecule has 0 saturated carbocycles. The first-order valence-corrected chi connectivity index (χ1v) is 8.29. The maximum Gasteiger partial charge on any atom is 0.252 e. The van der Waals surface area contributed by atoms with E-state index in [-0.39, 0.29) is 6.61 Å². The summed E-state index contributed by atoms with van der Waals surface area (Å²) < 4.78 is 1.85. The Labute approximate surface area is 132 Å². The molecule has 6 nitrogen and oxygen atoms in total. The highest BCUT2D eigenvalue weighted by atomic mass is 16.3. The quantitative estimate of drug-likeness (QED) is 0.620. The van der Waals surface area contributed by atoms with E-state index in [4.69, 9.17) is 5.11 Å². The molecular formula is C16H27N5O. The first-order valence-electron chi connectivity index (χ1n) is 8.29. The summed E-state index contributed by atoms with van der Waals surface area (Å²) in [7, 11) is 0. The zero-order valence-electron chi connectivity index (χ0n) is 13.5. The van der Waals surface area contributed by atoms with Gasteiger partial charge in [0, 0.05) is 17.9 Å². The molecule has 0 spiro atoms. The summed E-state index contributed by atoms with van der Waals surface area (Å²) in [5.74, 6) is 0.699. The van der Waals surface area contributed by atoms with Gasteiger partial charge in [-0.3, -0.25) is 0 Å². The third-order valence-electron chi connectivity index (χ3n) is 3.78. The van der Waals surface area contributed by atoms with Crippen molar-refractivity contribution in [3.63, 3.8) is 0 Å². The third-order valence-corrected chi connectivity index (χ3v) is 3.78. The Morgan fingerprint density at radius 3 is 2.68 bits per heavy atom. The molecule has 2 aromatic rings. The van der Waals surface area contributed by atoms with Crippen molar-refractivity contribution >= 4 is 5.78 Å². The van der Waals surface area contributed by atoms with Crippen LogP contribution in [-0.2, 0) is 6.42 Å². The van der Waals surface area contributed by atoms with Crippen LogP contribution in [0.25, 0.3) is 5.78 Å². The normalized spacial score (nSPS) is 11.4. The van der Waals surface area contributed by atoms with Gasteiger partial charge in [0.1, 0.15) is 6.33 Å². The SMILES string of the molecule is Cc1cc(CCCCCCCCNCCO)n2ncnc2n1. The van der Waals surface area contributed by atoms with Gasteiger partial charge in [-0.1, -0.05) is 25.7 Å². The lowest BCUT2D eigenvalue weighted by Crippen LogP contribution is -2.19. The summed E-state index contributed by atoms with van der Waals surface area (Å²) in [6.07, 6.45) is 10.1. The number of unbranched alkanes of at least 4 members (excludes halogenated alkanes) is 5. The number of rotatable bonds is 11. The standard InChI is InChI=1S/C16H27N5O/c1-14-12-15(21-16(20-14)18-13-19-21)8-6-4-2-3-5-7-9-17-10-11-22/h12-13,17,22H,2-11H2,1H3. The lowest BCUT2D eigenvalue weighted by Gasteiger charge is -2.06. The molecule has 2 N–H and O–H groups in total. The van der Waals surface area contributed by atoms with E-state index >= 15 is 0 Å². The molecule has 0 bridgehead atoms. The van der Waals surface area contributed by atoms with Gasteiger partial charge in [0.15, 0.2) is 0 Å². The summed E-state index contributed by atoms with van der Waals surface area (Å²) in [6, 6.07) is 2.11. The molecule has 0 aliphatic carbocycles. The minimum Gasteiger partial charge on any atom is -0.395 e. The molecule has 122 valence electrons. The van der Waals surface area contributed by atoms with Gasteiger partial charge in [0.05, 0.1) is 6.61 Å². The molecule has 2 rings (SSSR count). The van der Waals surface area contributed by atoms with Crippen LogP contribution in [0, 0.1) is 6.92 Å². The largest absolute Gasteiger partial charge is 0.395 e. The summed E-state index contributed by atoms with van der Waals surface area (Å²) in [6.45, 7) is 3.96. The van der Waals surface area contributed by atoms with Gasteiger partial charge in [0.2, 0.25) is 0 Å². The summed E-state index contributed by atoms with van der Waals surface area (Å²) in [5.41, 5.74) is 2.21. The van der Waals surface area contributed by atoms with Crippen molar-refractivity contribution in [2.24, 2.45) is 0 Å². The average molecular weight is 305 g/mol. The van der Waals surface area contributed by atoms with Crippen molar-refractivity contribution in [3.8, 4) is 0 Å². The summed E-state index contributed by atoms with van der Waals surface area (Å²) >= 11 is 0. The fraction of sp³-hybridized carbons (Fsp3) is 0.688. The van der Waals surface area contributed by atoms with Gasteiger partial charge >= 0.3 is 0 Å². The second-order valence-corrected chi connectivity index (χ2v) is 5.71. The van der Waals surface area contributed by atoms with E-state index in [1.54, 1.807) is 6.33 Å². The van der Waals surface area contributed by atoms with Gasteiger partial charge in [-0.05, 0) is 38.8 Å². The number of hydrogen-bond acceptors (Lipinski definition) is 5. The van der Waals surface area contributed by atoms with E-state index < -0.39 is 0 Å². The van der Waals surface area contributed by atoms with Gasteiger partial charge in [0.25, 0.3) is 5.78 Å². The van der Waals surface area contributed by atoms with Crippen LogP contribution < -0.4 is 5.32 Å². The smallest absolute Gasteiger partial charge is 0.252 e. The molecule has 0 fully saturated rings. The Morgan fingerprint density at radius 1 is 1.09 bits per heavy atom. The molecule has 0 atom stereocenters. The van der Waals surface area contributed by atoms with Crippen LogP contribution >= 0.6 is 0 Å². The van der Waals surface area contributed by atoms with Crippen molar-refractivity contribution in [1.82, 2.24) is 24.9 Å². The molecule has 22 heavy (non-hydrogen) atoms. The maximum absolute atomic E-state index is 8.65. The van der Waals surface area contributed by atoms with Crippen LogP contribution in [0.5, 0.6) is 0 Å². The minimum atomic E-state index is 0.230. The second-order valence-electron chi connectivity index (χ2n) is 5.71. The van der Waals surface area contributed by atoms with Gasteiger partial charge < -0.3 is 10.4 Å². The highest BCUT2D eigenvalue weighted by molar-refractivity contribution is 5.29. The van der Waals surface area contributed by atoms with E-state index in [0.29, 0.717) is 12.3 Å². The number of aliphatic hydroxyl groups excluding tert-OH is 1. The highest BCUT2D eigenvalue weighted by Gasteiger charge is 2.05. The molecular weight excluding hydrogens is 278 g/mol. The molecule has 0 radical (unpaired) electrons. The molecule has 0 aliphatic rings. The van der Waals surface area contributed by atoms with Crippen LogP contribution in [0.3, 0.4) is 0 Å². The van der Waals surface area contributed by atoms with Crippen LogP contribution in [0.1, 0.15) is 49.9 Å². The summed E-state index contributed by atoms with van der Waals surface area (Å²) in [4.78, 5) is 8.52. The zero-order chi connectivity index (χ0) is 15.6. The predicted molar refractivity (Wildman–Crippen MR) is 86.9 cm³/mol. The van der Waals surface area contributed by atoms with Crippen molar-refractivity contribution in [2.75, 3.05) is 19.7 Å². The van der Waals surface area contributed by atoms with E-state index in [1.807, 2.05) is 11.4 Å². The van der Waals surface area contributed by atoms with Crippen LogP contribution in [0.2, 0.25) is 0 Å². The minimum absolute atomic E-state index is 0.230. The van der Waals surface area contributed by atoms with Crippen molar-refractivity contribution < 1.29 is 5.11 Å². The van der Waals surface area contributed by atoms with E-state index in [1.165, 1.54) is 44.2 Å². The Morgan fingerprint density at radius 2 is 1.86 bits per heavy atom. The third kappa shape index (κ3) is 5.35. The number of aromatic nitrogens is 4. The molecule has 0 aromatic carbocycles. The fourth-order valence-electron chi connectivity index (χ4n) is 2.65. The molecule has 6 heteroatoms. The molecule has 0 unspecified atom stereocenters. The lowest BCUT2D eigenvalue weighted by atomic mass is 10.1. The number of fused-ring (bicyclic) bond motifs is 1.